The first-order valence-electron chi connectivity index (χ1n) is 6.96. The summed E-state index contributed by atoms with van der Waals surface area (Å²) >= 11 is 0. The second kappa shape index (κ2) is 5.60. The maximum absolute atomic E-state index is 11.8. The van der Waals surface area contributed by atoms with Gasteiger partial charge in [-0.15, -0.1) is 0 Å². The van der Waals surface area contributed by atoms with Gasteiger partial charge in [-0.05, 0) is 24.6 Å². The zero-order chi connectivity index (χ0) is 16.6. The minimum atomic E-state index is -0.641. The summed E-state index contributed by atoms with van der Waals surface area (Å²) in [5.74, 6) is -0.0711. The first-order valence-corrected chi connectivity index (χ1v) is 6.96. The van der Waals surface area contributed by atoms with Crippen molar-refractivity contribution in [1.29, 1.82) is 0 Å². The molecule has 118 valence electrons. The molecule has 2 aromatic heterocycles. The van der Waals surface area contributed by atoms with Gasteiger partial charge in [-0.1, -0.05) is 12.1 Å². The SMILES string of the molecule is COc1ccc(Cn2cc3c(O)c(C(C)=O)c(=O)[nH]c3n2)cc1. The summed E-state index contributed by atoms with van der Waals surface area (Å²) in [6.45, 7) is 1.69. The van der Waals surface area contributed by atoms with Crippen LogP contribution in [-0.4, -0.2) is 32.8 Å². The van der Waals surface area contributed by atoms with Crippen LogP contribution in [0.5, 0.6) is 11.5 Å². The molecule has 0 saturated carbocycles. The van der Waals surface area contributed by atoms with Gasteiger partial charge in [-0.2, -0.15) is 5.10 Å². The molecule has 0 atom stereocenters. The Morgan fingerprint density at radius 1 is 1.35 bits per heavy atom. The molecule has 0 radical (unpaired) electrons. The van der Waals surface area contributed by atoms with Gasteiger partial charge >= 0.3 is 0 Å². The third-order valence-corrected chi connectivity index (χ3v) is 3.57. The van der Waals surface area contributed by atoms with Gasteiger partial charge in [0, 0.05) is 6.20 Å². The molecule has 0 bridgehead atoms. The van der Waals surface area contributed by atoms with Crippen molar-refractivity contribution >= 4 is 16.8 Å². The fraction of sp³-hybridized carbons (Fsp3) is 0.188. The molecular formula is C16H15N3O4. The van der Waals surface area contributed by atoms with E-state index < -0.39 is 11.3 Å². The Morgan fingerprint density at radius 3 is 2.65 bits per heavy atom. The van der Waals surface area contributed by atoms with Gasteiger partial charge in [-0.25, -0.2) is 0 Å². The number of pyridine rings is 1. The number of benzene rings is 1. The van der Waals surface area contributed by atoms with Crippen LogP contribution in [0.25, 0.3) is 11.0 Å². The average Bonchev–Trinajstić information content (AvgIpc) is 2.90. The lowest BCUT2D eigenvalue weighted by molar-refractivity contribution is 0.101. The summed E-state index contributed by atoms with van der Waals surface area (Å²) < 4.78 is 6.69. The van der Waals surface area contributed by atoms with Gasteiger partial charge in [0.05, 0.1) is 19.0 Å². The number of ether oxygens (including phenoxy) is 1. The highest BCUT2D eigenvalue weighted by molar-refractivity contribution is 6.01. The van der Waals surface area contributed by atoms with Gasteiger partial charge in [-0.3, -0.25) is 14.3 Å². The van der Waals surface area contributed by atoms with E-state index >= 15 is 0 Å². The van der Waals surface area contributed by atoms with Crippen molar-refractivity contribution in [2.45, 2.75) is 13.5 Å². The lowest BCUT2D eigenvalue weighted by Gasteiger charge is -2.03. The highest BCUT2D eigenvalue weighted by Gasteiger charge is 2.17. The predicted molar refractivity (Wildman–Crippen MR) is 84.1 cm³/mol. The molecule has 2 N–H and O–H groups in total. The van der Waals surface area contributed by atoms with Crippen molar-refractivity contribution in [2.75, 3.05) is 7.11 Å². The minimum Gasteiger partial charge on any atom is -0.506 e. The lowest BCUT2D eigenvalue weighted by atomic mass is 10.1. The molecule has 23 heavy (non-hydrogen) atoms. The monoisotopic (exact) mass is 313 g/mol. The molecule has 0 amide bonds. The number of aromatic hydroxyl groups is 1. The number of carbonyl (C=O) groups is 1. The van der Waals surface area contributed by atoms with E-state index in [1.807, 2.05) is 24.3 Å². The molecule has 0 spiro atoms. The number of nitrogens with one attached hydrogen (secondary N) is 1. The van der Waals surface area contributed by atoms with Crippen molar-refractivity contribution in [2.24, 2.45) is 0 Å². The van der Waals surface area contributed by atoms with Crippen LogP contribution in [0.4, 0.5) is 0 Å². The van der Waals surface area contributed by atoms with Crippen molar-refractivity contribution in [3.05, 3.63) is 51.9 Å². The third-order valence-electron chi connectivity index (χ3n) is 3.57. The number of ketones is 1. The van der Waals surface area contributed by atoms with Crippen LogP contribution in [0.15, 0.2) is 35.3 Å². The minimum absolute atomic E-state index is 0.242. The van der Waals surface area contributed by atoms with E-state index in [0.717, 1.165) is 11.3 Å². The molecule has 0 saturated heterocycles. The van der Waals surface area contributed by atoms with E-state index in [-0.39, 0.29) is 17.0 Å². The van der Waals surface area contributed by atoms with Gasteiger partial charge in [0.15, 0.2) is 11.4 Å². The lowest BCUT2D eigenvalue weighted by Crippen LogP contribution is -2.16. The normalized spacial score (nSPS) is 10.9. The standard InChI is InChI=1S/C16H15N3O4/c1-9(20)13-14(21)12-8-19(18-15(12)17-16(13)22)7-10-3-5-11(23-2)6-4-10/h3-6,8,21H,7H2,1-2H3,(H,17,18,22). The van der Waals surface area contributed by atoms with Crippen molar-refractivity contribution < 1.29 is 14.6 Å². The molecule has 7 nitrogen and oxygen atoms in total. The summed E-state index contributed by atoms with van der Waals surface area (Å²) in [7, 11) is 1.60. The predicted octanol–water partition coefficient (Wildman–Crippen LogP) is 1.69. The maximum Gasteiger partial charge on any atom is 0.264 e. The number of H-pyrrole nitrogens is 1. The Hall–Kier alpha value is -3.09. The first kappa shape index (κ1) is 14.8. The van der Waals surface area contributed by atoms with Crippen LogP contribution >= 0.6 is 0 Å². The smallest absolute Gasteiger partial charge is 0.264 e. The zero-order valence-electron chi connectivity index (χ0n) is 12.7. The van der Waals surface area contributed by atoms with Crippen LogP contribution in [0.3, 0.4) is 0 Å². The maximum atomic E-state index is 11.8. The van der Waals surface area contributed by atoms with Gasteiger partial charge in [0.25, 0.3) is 5.56 Å². The molecule has 7 heteroatoms. The van der Waals surface area contributed by atoms with Gasteiger partial charge < -0.3 is 14.8 Å². The molecular weight excluding hydrogens is 298 g/mol. The molecule has 1 aromatic carbocycles. The van der Waals surface area contributed by atoms with E-state index in [2.05, 4.69) is 10.1 Å². The molecule has 3 aromatic rings. The van der Waals surface area contributed by atoms with Gasteiger partial charge in [0.1, 0.15) is 17.1 Å². The number of hydrogen-bond acceptors (Lipinski definition) is 5. The number of Topliss-reactive ketones (excluding diaryl/α,β-unsaturated/α-hetero) is 1. The molecule has 0 aliphatic rings. The molecule has 0 fully saturated rings. The number of methoxy groups -OCH3 is 1. The molecule has 3 rings (SSSR count). The van der Waals surface area contributed by atoms with E-state index in [9.17, 15) is 14.7 Å². The quantitative estimate of drug-likeness (QED) is 0.714. The van der Waals surface area contributed by atoms with Crippen molar-refractivity contribution in [1.82, 2.24) is 14.8 Å². The summed E-state index contributed by atoms with van der Waals surface area (Å²) in [5.41, 5.74) is 0.331. The average molecular weight is 313 g/mol. The summed E-state index contributed by atoms with van der Waals surface area (Å²) in [6.07, 6.45) is 1.59. The Bertz CT molecular complexity index is 938. The van der Waals surface area contributed by atoms with Crippen LogP contribution in [0.2, 0.25) is 0 Å². The largest absolute Gasteiger partial charge is 0.506 e. The van der Waals surface area contributed by atoms with Crippen molar-refractivity contribution in [3.8, 4) is 11.5 Å². The first-order chi connectivity index (χ1) is 11.0. The van der Waals surface area contributed by atoms with Crippen molar-refractivity contribution in [3.63, 3.8) is 0 Å². The zero-order valence-corrected chi connectivity index (χ0v) is 12.7. The van der Waals surface area contributed by atoms with E-state index in [1.54, 1.807) is 18.0 Å². The van der Waals surface area contributed by atoms with Crippen LogP contribution in [-0.2, 0) is 6.54 Å². The second-order valence-corrected chi connectivity index (χ2v) is 5.17. The highest BCUT2D eigenvalue weighted by atomic mass is 16.5. The summed E-state index contributed by atoms with van der Waals surface area (Å²) in [5, 5.41) is 14.7. The number of nitrogens with zero attached hydrogens (tertiary/aromatic N) is 2. The summed E-state index contributed by atoms with van der Waals surface area (Å²) in [4.78, 5) is 25.8. The molecule has 2 heterocycles. The number of carbonyl (C=O) groups excluding carboxylic acids is 1. The Kier molecular flexibility index (Phi) is 3.61. The highest BCUT2D eigenvalue weighted by Crippen LogP contribution is 2.24. The molecule has 0 aliphatic heterocycles. The molecule has 0 unspecified atom stereocenters. The van der Waals surface area contributed by atoms with Crippen LogP contribution in [0.1, 0.15) is 22.8 Å². The van der Waals surface area contributed by atoms with E-state index in [1.165, 1.54) is 6.92 Å². The summed E-state index contributed by atoms with van der Waals surface area (Å²) in [6, 6.07) is 7.47. The van der Waals surface area contributed by atoms with E-state index in [4.69, 9.17) is 4.74 Å². The fourth-order valence-electron chi connectivity index (χ4n) is 2.42. The van der Waals surface area contributed by atoms with E-state index in [0.29, 0.717) is 11.9 Å². The number of aromatic nitrogens is 3. The Labute approximate surface area is 131 Å². The Balaban J connectivity index is 2.01. The topological polar surface area (TPSA) is 97.2 Å². The Morgan fingerprint density at radius 2 is 2.04 bits per heavy atom. The second-order valence-electron chi connectivity index (χ2n) is 5.17. The number of fused-ring (bicyclic) bond motifs is 1. The van der Waals surface area contributed by atoms with Crippen LogP contribution < -0.4 is 10.3 Å². The number of rotatable bonds is 4. The number of aromatic amines is 1. The molecule has 0 aliphatic carbocycles. The number of hydrogen-bond donors (Lipinski definition) is 2. The third kappa shape index (κ3) is 2.68. The van der Waals surface area contributed by atoms with Gasteiger partial charge in [0.2, 0.25) is 0 Å². The van der Waals surface area contributed by atoms with Crippen LogP contribution in [0, 0.1) is 0 Å². The fourth-order valence-corrected chi connectivity index (χ4v) is 2.42.